The molecule has 0 aliphatic heterocycles. The highest BCUT2D eigenvalue weighted by Gasteiger charge is 2.14. The molecule has 3 rings (SSSR count). The second-order valence-corrected chi connectivity index (χ2v) is 5.69. The van der Waals surface area contributed by atoms with Crippen LogP contribution in [-0.4, -0.2) is 29.8 Å². The van der Waals surface area contributed by atoms with Gasteiger partial charge < -0.3 is 9.47 Å². The highest BCUT2D eigenvalue weighted by molar-refractivity contribution is 5.96. The van der Waals surface area contributed by atoms with Gasteiger partial charge in [-0.3, -0.25) is 9.59 Å². The summed E-state index contributed by atoms with van der Waals surface area (Å²) in [5.41, 5.74) is 0.416. The van der Waals surface area contributed by atoms with E-state index in [0.29, 0.717) is 17.1 Å². The predicted molar refractivity (Wildman–Crippen MR) is 97.8 cm³/mol. The van der Waals surface area contributed by atoms with Gasteiger partial charge in [0.1, 0.15) is 12.4 Å². The van der Waals surface area contributed by atoms with Crippen molar-refractivity contribution >= 4 is 5.78 Å². The van der Waals surface area contributed by atoms with Gasteiger partial charge in [-0.2, -0.15) is 5.10 Å². The van der Waals surface area contributed by atoms with Crippen molar-refractivity contribution in [3.63, 3.8) is 0 Å². The molecule has 0 saturated heterocycles. The molecule has 0 atom stereocenters. The summed E-state index contributed by atoms with van der Waals surface area (Å²) in [4.78, 5) is 24.7. The average molecular weight is 368 g/mol. The van der Waals surface area contributed by atoms with Crippen molar-refractivity contribution in [3.8, 4) is 22.8 Å². The van der Waals surface area contributed by atoms with Crippen LogP contribution in [0.1, 0.15) is 10.4 Å². The number of ether oxygens (including phenoxy) is 2. The number of halogens is 1. The Morgan fingerprint density at radius 3 is 2.48 bits per heavy atom. The van der Waals surface area contributed by atoms with Gasteiger partial charge >= 0.3 is 0 Å². The fourth-order valence-electron chi connectivity index (χ4n) is 2.61. The van der Waals surface area contributed by atoms with Gasteiger partial charge in [-0.15, -0.1) is 0 Å². The van der Waals surface area contributed by atoms with Crippen molar-refractivity contribution in [2.24, 2.45) is 0 Å². The number of aromatic nitrogens is 2. The number of benzene rings is 2. The van der Waals surface area contributed by atoms with Crippen LogP contribution >= 0.6 is 0 Å². The number of Topliss-reactive ketones (excluding diaryl/α,β-unsaturated/α-hetero) is 1. The maximum absolute atomic E-state index is 14.0. The monoisotopic (exact) mass is 368 g/mol. The Balaban J connectivity index is 1.92. The van der Waals surface area contributed by atoms with Crippen LogP contribution < -0.4 is 15.0 Å². The van der Waals surface area contributed by atoms with Gasteiger partial charge in [0.2, 0.25) is 0 Å². The maximum Gasteiger partial charge on any atom is 0.267 e. The van der Waals surface area contributed by atoms with E-state index in [4.69, 9.17) is 9.47 Å². The minimum Gasteiger partial charge on any atom is -0.493 e. The summed E-state index contributed by atoms with van der Waals surface area (Å²) in [6, 6.07) is 13.5. The number of carbonyl (C=O) groups excluding carboxylic acids is 1. The molecule has 0 aliphatic carbocycles. The minimum atomic E-state index is -0.457. The van der Waals surface area contributed by atoms with Crippen LogP contribution in [0.4, 0.5) is 4.39 Å². The molecule has 0 amide bonds. The first kappa shape index (κ1) is 18.3. The number of nitrogens with zero attached hydrogens (tertiary/aromatic N) is 2. The molecule has 27 heavy (non-hydrogen) atoms. The topological polar surface area (TPSA) is 70.4 Å². The van der Waals surface area contributed by atoms with E-state index >= 15 is 0 Å². The van der Waals surface area contributed by atoms with E-state index in [-0.39, 0.29) is 23.6 Å². The van der Waals surface area contributed by atoms with Gasteiger partial charge in [0, 0.05) is 17.2 Å². The van der Waals surface area contributed by atoms with Crippen LogP contribution in [0.2, 0.25) is 0 Å². The quantitative estimate of drug-likeness (QED) is 0.626. The van der Waals surface area contributed by atoms with Gasteiger partial charge in [0.15, 0.2) is 17.3 Å². The summed E-state index contributed by atoms with van der Waals surface area (Å²) in [5, 5.41) is 4.13. The fraction of sp³-hybridized carbons (Fsp3) is 0.150. The zero-order valence-corrected chi connectivity index (χ0v) is 14.8. The molecule has 0 aliphatic rings. The Morgan fingerprint density at radius 2 is 1.78 bits per heavy atom. The van der Waals surface area contributed by atoms with Crippen LogP contribution in [0.5, 0.6) is 11.5 Å². The second-order valence-electron chi connectivity index (χ2n) is 5.69. The number of hydrogen-bond acceptors (Lipinski definition) is 5. The maximum atomic E-state index is 14.0. The molecular weight excluding hydrogens is 351 g/mol. The average Bonchev–Trinajstić information content (AvgIpc) is 2.69. The third-order valence-corrected chi connectivity index (χ3v) is 4.02. The summed E-state index contributed by atoms with van der Waals surface area (Å²) in [7, 11) is 2.97. The highest BCUT2D eigenvalue weighted by atomic mass is 19.1. The largest absolute Gasteiger partial charge is 0.493 e. The van der Waals surface area contributed by atoms with E-state index in [1.54, 1.807) is 30.3 Å². The number of carbonyl (C=O) groups is 1. The minimum absolute atomic E-state index is 0.254. The molecule has 0 unspecified atom stereocenters. The highest BCUT2D eigenvalue weighted by Crippen LogP contribution is 2.27. The number of rotatable bonds is 6. The third kappa shape index (κ3) is 3.87. The summed E-state index contributed by atoms with van der Waals surface area (Å²) >= 11 is 0. The molecule has 2 aromatic carbocycles. The van der Waals surface area contributed by atoms with Crippen molar-refractivity contribution in [1.29, 1.82) is 0 Å². The lowest BCUT2D eigenvalue weighted by molar-refractivity contribution is 0.0965. The lowest BCUT2D eigenvalue weighted by Crippen LogP contribution is -2.26. The van der Waals surface area contributed by atoms with E-state index in [9.17, 15) is 14.0 Å². The molecule has 0 N–H and O–H groups in total. The van der Waals surface area contributed by atoms with Crippen LogP contribution in [0.25, 0.3) is 11.3 Å². The fourth-order valence-corrected chi connectivity index (χ4v) is 2.61. The van der Waals surface area contributed by atoms with E-state index in [1.165, 1.54) is 38.5 Å². The Kier molecular flexibility index (Phi) is 5.30. The molecule has 138 valence electrons. The van der Waals surface area contributed by atoms with E-state index in [1.807, 2.05) is 0 Å². The molecule has 0 saturated carbocycles. The van der Waals surface area contributed by atoms with Gasteiger partial charge in [-0.1, -0.05) is 12.1 Å². The van der Waals surface area contributed by atoms with Crippen LogP contribution in [0.15, 0.2) is 59.4 Å². The van der Waals surface area contributed by atoms with E-state index in [0.717, 1.165) is 4.68 Å². The Morgan fingerprint density at radius 1 is 1.04 bits per heavy atom. The lowest BCUT2D eigenvalue weighted by atomic mass is 10.1. The summed E-state index contributed by atoms with van der Waals surface area (Å²) in [6.07, 6.45) is 0. The first-order valence-electron chi connectivity index (χ1n) is 8.12. The van der Waals surface area contributed by atoms with Gasteiger partial charge in [0.25, 0.3) is 5.56 Å². The van der Waals surface area contributed by atoms with Crippen molar-refractivity contribution in [1.82, 2.24) is 9.78 Å². The SMILES string of the molecule is COc1ccc(C(=O)Cn2nc(-c3ccccc3F)ccc2=O)cc1OC. The van der Waals surface area contributed by atoms with Crippen molar-refractivity contribution in [2.45, 2.75) is 6.54 Å². The smallest absolute Gasteiger partial charge is 0.267 e. The number of methoxy groups -OCH3 is 2. The number of hydrogen-bond donors (Lipinski definition) is 0. The van der Waals surface area contributed by atoms with Crippen LogP contribution in [-0.2, 0) is 6.54 Å². The van der Waals surface area contributed by atoms with Crippen LogP contribution in [0.3, 0.4) is 0 Å². The molecule has 0 fully saturated rings. The zero-order chi connectivity index (χ0) is 19.4. The Labute approximate surface area is 154 Å². The second kappa shape index (κ2) is 7.82. The summed E-state index contributed by atoms with van der Waals surface area (Å²) < 4.78 is 25.3. The molecule has 0 spiro atoms. The molecule has 1 aromatic heterocycles. The molecule has 7 heteroatoms. The normalized spacial score (nSPS) is 10.5. The zero-order valence-electron chi connectivity index (χ0n) is 14.8. The van der Waals surface area contributed by atoms with Gasteiger partial charge in [0.05, 0.1) is 19.9 Å². The Bertz CT molecular complexity index is 1050. The van der Waals surface area contributed by atoms with Gasteiger partial charge in [-0.05, 0) is 36.4 Å². The lowest BCUT2D eigenvalue weighted by Gasteiger charge is -2.10. The van der Waals surface area contributed by atoms with E-state index in [2.05, 4.69) is 5.10 Å². The standard InChI is InChI=1S/C20H17FN2O4/c1-26-18-9-7-13(11-19(18)27-2)17(24)12-23-20(25)10-8-16(22-23)14-5-3-4-6-15(14)21/h3-11H,12H2,1-2H3. The molecule has 1 heterocycles. The molecule has 3 aromatic rings. The number of ketones is 1. The summed E-state index contributed by atoms with van der Waals surface area (Å²) in [5.74, 6) is 0.104. The molecule has 0 radical (unpaired) electrons. The molecule has 0 bridgehead atoms. The van der Waals surface area contributed by atoms with Crippen molar-refractivity contribution in [3.05, 3.63) is 76.3 Å². The van der Waals surface area contributed by atoms with Crippen LogP contribution in [0, 0.1) is 5.82 Å². The summed E-state index contributed by atoms with van der Waals surface area (Å²) in [6.45, 7) is -0.281. The molecular formula is C20H17FN2O4. The predicted octanol–water partition coefficient (Wildman–Crippen LogP) is 2.95. The van der Waals surface area contributed by atoms with Crippen molar-refractivity contribution in [2.75, 3.05) is 14.2 Å². The molecule has 6 nitrogen and oxygen atoms in total. The Hall–Kier alpha value is -3.48. The van der Waals surface area contributed by atoms with Crippen molar-refractivity contribution < 1.29 is 18.7 Å². The van der Waals surface area contributed by atoms with Gasteiger partial charge in [-0.25, -0.2) is 9.07 Å². The van der Waals surface area contributed by atoms with E-state index < -0.39 is 11.4 Å². The first-order valence-corrected chi connectivity index (χ1v) is 8.12. The first-order chi connectivity index (χ1) is 13.0. The third-order valence-electron chi connectivity index (χ3n) is 4.02.